The van der Waals surface area contributed by atoms with Crippen LogP contribution in [0.1, 0.15) is 27.3 Å². The molecule has 1 saturated heterocycles. The van der Waals surface area contributed by atoms with Crippen LogP contribution in [0.25, 0.3) is 17.1 Å². The molecule has 0 saturated carbocycles. The van der Waals surface area contributed by atoms with E-state index in [1.54, 1.807) is 23.9 Å². The summed E-state index contributed by atoms with van der Waals surface area (Å²) in [4.78, 5) is 43.7. The number of nitrogens with zero attached hydrogens (tertiary/aromatic N) is 4. The van der Waals surface area contributed by atoms with Crippen molar-refractivity contribution in [3.05, 3.63) is 63.8 Å². The molecule has 0 bridgehead atoms. The summed E-state index contributed by atoms with van der Waals surface area (Å²) in [5, 5.41) is 7.51. The Morgan fingerprint density at radius 1 is 1.19 bits per heavy atom. The van der Waals surface area contributed by atoms with Gasteiger partial charge in [-0.25, -0.2) is 4.98 Å². The van der Waals surface area contributed by atoms with Crippen LogP contribution in [-0.4, -0.2) is 49.8 Å². The first-order valence-electron chi connectivity index (χ1n) is 9.74. The van der Waals surface area contributed by atoms with E-state index in [0.717, 1.165) is 22.2 Å². The van der Waals surface area contributed by atoms with Crippen molar-refractivity contribution in [3.8, 4) is 0 Å². The van der Waals surface area contributed by atoms with E-state index in [1.165, 1.54) is 0 Å². The maximum atomic E-state index is 12.8. The Labute approximate surface area is 183 Å². The molecular weight excluding hydrogens is 414 g/mol. The fraction of sp³-hybridized carbons (Fsp3) is 0.227. The third-order valence-corrected chi connectivity index (χ3v) is 5.84. The van der Waals surface area contributed by atoms with E-state index < -0.39 is 0 Å². The third-order valence-electron chi connectivity index (χ3n) is 4.93. The van der Waals surface area contributed by atoms with Crippen molar-refractivity contribution in [1.82, 2.24) is 25.0 Å². The van der Waals surface area contributed by atoms with Crippen LogP contribution in [0.2, 0.25) is 0 Å². The average molecular weight is 436 g/mol. The molecule has 1 fully saturated rings. The Hall–Kier alpha value is -3.46. The van der Waals surface area contributed by atoms with Crippen molar-refractivity contribution >= 4 is 45.9 Å². The average Bonchev–Trinajstić information content (AvgIpc) is 3.17. The number of imide groups is 1. The molecule has 3 aromatic rings. The summed E-state index contributed by atoms with van der Waals surface area (Å²) in [6.45, 7) is 3.90. The minimum atomic E-state index is -0.349. The van der Waals surface area contributed by atoms with Crippen LogP contribution in [0.5, 0.6) is 0 Å². The molecule has 2 aromatic heterocycles. The molecule has 0 radical (unpaired) electrons. The zero-order valence-corrected chi connectivity index (χ0v) is 18.2. The largest absolute Gasteiger partial charge is 0.350 e. The van der Waals surface area contributed by atoms with E-state index in [2.05, 4.69) is 15.4 Å². The number of rotatable bonds is 5. The van der Waals surface area contributed by atoms with Crippen LogP contribution >= 0.6 is 11.8 Å². The van der Waals surface area contributed by atoms with Crippen LogP contribution in [0.15, 0.2) is 41.3 Å². The lowest BCUT2D eigenvalue weighted by Gasteiger charge is -2.13. The third kappa shape index (κ3) is 4.09. The van der Waals surface area contributed by atoms with Gasteiger partial charge in [-0.1, -0.05) is 30.3 Å². The van der Waals surface area contributed by atoms with Crippen LogP contribution < -0.4 is 5.32 Å². The number of hydrogen-bond donors (Lipinski definition) is 1. The second-order valence-electron chi connectivity index (χ2n) is 7.22. The number of pyridine rings is 1. The van der Waals surface area contributed by atoms with Crippen molar-refractivity contribution in [1.29, 1.82) is 0 Å². The number of benzene rings is 1. The maximum absolute atomic E-state index is 12.8. The van der Waals surface area contributed by atoms with E-state index in [0.29, 0.717) is 32.9 Å². The van der Waals surface area contributed by atoms with Crippen molar-refractivity contribution < 1.29 is 14.4 Å². The van der Waals surface area contributed by atoms with Gasteiger partial charge < -0.3 is 5.32 Å². The number of hydrogen-bond acceptors (Lipinski definition) is 6. The molecule has 158 valence electrons. The number of aryl methyl sites for hydroxylation is 3. The number of thioether (sulfide) groups is 1. The molecule has 3 amide bonds. The monoisotopic (exact) mass is 435 g/mol. The molecule has 0 unspecified atom stereocenters. The number of carbonyl (C=O) groups excluding carboxylic acids is 3. The fourth-order valence-corrected chi connectivity index (χ4v) is 4.38. The van der Waals surface area contributed by atoms with Gasteiger partial charge >= 0.3 is 0 Å². The number of aromatic nitrogens is 3. The molecular formula is C22H21N5O3S. The molecule has 0 aliphatic carbocycles. The number of nitrogens with one attached hydrogen (secondary N) is 1. The van der Waals surface area contributed by atoms with Gasteiger partial charge in [0.05, 0.1) is 21.5 Å². The number of amides is 3. The molecule has 4 rings (SSSR count). The smallest absolute Gasteiger partial charge is 0.293 e. The molecule has 1 N–H and O–H groups in total. The van der Waals surface area contributed by atoms with Gasteiger partial charge in [0.1, 0.15) is 0 Å². The topological polar surface area (TPSA) is 97.2 Å². The summed E-state index contributed by atoms with van der Waals surface area (Å²) in [6.07, 6.45) is 1.70. The molecule has 0 spiro atoms. The lowest BCUT2D eigenvalue weighted by molar-refractivity contribution is -0.122. The zero-order chi connectivity index (χ0) is 22.1. The van der Waals surface area contributed by atoms with Crippen LogP contribution in [0, 0.1) is 13.8 Å². The maximum Gasteiger partial charge on any atom is 0.293 e. The minimum absolute atomic E-state index is 0.0990. The highest BCUT2D eigenvalue weighted by molar-refractivity contribution is 8.18. The van der Waals surface area contributed by atoms with Crippen LogP contribution in [0.3, 0.4) is 0 Å². The minimum Gasteiger partial charge on any atom is -0.350 e. The molecule has 1 aliphatic rings. The van der Waals surface area contributed by atoms with Gasteiger partial charge in [-0.15, -0.1) is 0 Å². The molecule has 3 heterocycles. The van der Waals surface area contributed by atoms with Gasteiger partial charge in [0, 0.05) is 25.8 Å². The summed E-state index contributed by atoms with van der Waals surface area (Å²) in [7, 11) is 1.78. The Bertz CT molecular complexity index is 1230. The van der Waals surface area contributed by atoms with Gasteiger partial charge in [-0.3, -0.25) is 24.0 Å². The van der Waals surface area contributed by atoms with Crippen molar-refractivity contribution in [2.24, 2.45) is 7.05 Å². The normalized spacial score (nSPS) is 15.3. The summed E-state index contributed by atoms with van der Waals surface area (Å²) in [5.41, 5.74) is 3.39. The first-order chi connectivity index (χ1) is 14.8. The molecule has 1 aliphatic heterocycles. The molecule has 8 nitrogen and oxygen atoms in total. The Morgan fingerprint density at radius 2 is 1.94 bits per heavy atom. The second kappa shape index (κ2) is 8.35. The first-order valence-corrected chi connectivity index (χ1v) is 10.6. The standard InChI is InChI=1S/C22H21N5O3S/c1-13-11-16(18-14(2)25-26(3)19(18)24-13)20(28)23-9-10-27-21(29)17(31-22(27)30)12-15-7-5-4-6-8-15/h4-8,11-12H,9-10H2,1-3H3,(H,23,28)/b17-12-. The van der Waals surface area contributed by atoms with Crippen molar-refractivity contribution in [3.63, 3.8) is 0 Å². The Morgan fingerprint density at radius 3 is 2.68 bits per heavy atom. The molecule has 0 atom stereocenters. The summed E-state index contributed by atoms with van der Waals surface area (Å²) >= 11 is 0.907. The van der Waals surface area contributed by atoms with Gasteiger partial charge in [0.15, 0.2) is 5.65 Å². The van der Waals surface area contributed by atoms with Gasteiger partial charge in [-0.2, -0.15) is 5.10 Å². The highest BCUT2D eigenvalue weighted by Crippen LogP contribution is 2.31. The second-order valence-corrected chi connectivity index (χ2v) is 8.21. The molecule has 9 heteroatoms. The lowest BCUT2D eigenvalue weighted by atomic mass is 10.1. The number of carbonyl (C=O) groups is 3. The summed E-state index contributed by atoms with van der Waals surface area (Å²) in [5.74, 6) is -0.642. The van der Waals surface area contributed by atoms with Crippen molar-refractivity contribution in [2.75, 3.05) is 13.1 Å². The number of fused-ring (bicyclic) bond motifs is 1. The van der Waals surface area contributed by atoms with E-state index in [-0.39, 0.29) is 30.1 Å². The Kier molecular flexibility index (Phi) is 5.60. The van der Waals surface area contributed by atoms with E-state index in [4.69, 9.17) is 0 Å². The van der Waals surface area contributed by atoms with Gasteiger partial charge in [0.2, 0.25) is 0 Å². The van der Waals surface area contributed by atoms with Gasteiger partial charge in [-0.05, 0) is 43.3 Å². The van der Waals surface area contributed by atoms with E-state index in [1.807, 2.05) is 44.2 Å². The molecule has 1 aromatic carbocycles. The highest BCUT2D eigenvalue weighted by atomic mass is 32.2. The van der Waals surface area contributed by atoms with Crippen LogP contribution in [-0.2, 0) is 11.8 Å². The molecule has 31 heavy (non-hydrogen) atoms. The predicted octanol–water partition coefficient (Wildman–Crippen LogP) is 3.05. The van der Waals surface area contributed by atoms with E-state index >= 15 is 0 Å². The summed E-state index contributed by atoms with van der Waals surface area (Å²) in [6, 6.07) is 11.1. The Balaban J connectivity index is 1.45. The quantitative estimate of drug-likeness (QED) is 0.619. The predicted molar refractivity (Wildman–Crippen MR) is 119 cm³/mol. The first kappa shape index (κ1) is 20.8. The van der Waals surface area contributed by atoms with Gasteiger partial charge in [0.25, 0.3) is 17.1 Å². The van der Waals surface area contributed by atoms with E-state index in [9.17, 15) is 14.4 Å². The zero-order valence-electron chi connectivity index (χ0n) is 17.4. The van der Waals surface area contributed by atoms with Crippen LogP contribution in [0.4, 0.5) is 4.79 Å². The lowest BCUT2D eigenvalue weighted by Crippen LogP contribution is -2.37. The fourth-order valence-electron chi connectivity index (χ4n) is 3.52. The summed E-state index contributed by atoms with van der Waals surface area (Å²) < 4.78 is 1.65. The highest BCUT2D eigenvalue weighted by Gasteiger charge is 2.34. The SMILES string of the molecule is Cc1cc(C(=O)NCCN2C(=O)S/C(=C\c3ccccc3)C2=O)c2c(C)nn(C)c2n1. The van der Waals surface area contributed by atoms with Crippen molar-refractivity contribution in [2.45, 2.75) is 13.8 Å².